The monoisotopic (exact) mass is 488 g/mol. The van der Waals surface area contributed by atoms with Crippen LogP contribution in [0.3, 0.4) is 0 Å². The molecule has 4 rings (SSSR count). The summed E-state index contributed by atoms with van der Waals surface area (Å²) in [7, 11) is 1.61. The average molecular weight is 489 g/mol. The number of nitrogens with one attached hydrogen (secondary N) is 1. The molecular weight excluding hydrogens is 471 g/mol. The van der Waals surface area contributed by atoms with Gasteiger partial charge in [0.05, 0.1) is 36.4 Å². The van der Waals surface area contributed by atoms with Crippen molar-refractivity contribution in [1.82, 2.24) is 14.8 Å². The smallest absolute Gasteiger partial charge is 0.234 e. The van der Waals surface area contributed by atoms with E-state index in [0.717, 1.165) is 11.3 Å². The predicted molar refractivity (Wildman–Crippen MR) is 126 cm³/mol. The van der Waals surface area contributed by atoms with E-state index in [-0.39, 0.29) is 11.7 Å². The van der Waals surface area contributed by atoms with E-state index >= 15 is 0 Å². The molecule has 0 bridgehead atoms. The fourth-order valence-electron chi connectivity index (χ4n) is 2.98. The molecule has 164 valence electrons. The van der Waals surface area contributed by atoms with E-state index in [1.165, 1.54) is 11.8 Å². The first kappa shape index (κ1) is 22.3. The third kappa shape index (κ3) is 5.27. The molecule has 32 heavy (non-hydrogen) atoms. The number of benzene rings is 2. The maximum Gasteiger partial charge on any atom is 0.234 e. The van der Waals surface area contributed by atoms with E-state index in [1.54, 1.807) is 31.6 Å². The zero-order chi connectivity index (χ0) is 22.5. The third-order valence-corrected chi connectivity index (χ3v) is 5.99. The average Bonchev–Trinajstić information content (AvgIpc) is 3.45. The number of anilines is 1. The molecule has 10 heteroatoms. The molecule has 0 atom stereocenters. The molecule has 2 aromatic heterocycles. The quantitative estimate of drug-likeness (QED) is 0.323. The molecule has 0 fully saturated rings. The van der Waals surface area contributed by atoms with Crippen LogP contribution in [0.25, 0.3) is 11.4 Å². The number of carbonyl (C=O) groups is 1. The predicted octanol–water partition coefficient (Wildman–Crippen LogP) is 5.63. The van der Waals surface area contributed by atoms with Crippen LogP contribution in [0.1, 0.15) is 5.76 Å². The molecule has 0 saturated heterocycles. The van der Waals surface area contributed by atoms with E-state index in [2.05, 4.69) is 15.5 Å². The second-order valence-electron chi connectivity index (χ2n) is 6.66. The minimum absolute atomic E-state index is 0.118. The first-order valence-corrected chi connectivity index (χ1v) is 11.3. The number of furan rings is 1. The minimum atomic E-state index is -0.227. The van der Waals surface area contributed by atoms with E-state index in [4.69, 9.17) is 32.4 Å². The fraction of sp³-hybridized carbons (Fsp3) is 0.136. The van der Waals surface area contributed by atoms with E-state index < -0.39 is 0 Å². The Morgan fingerprint density at radius 2 is 2.03 bits per heavy atom. The molecule has 0 spiro atoms. The Morgan fingerprint density at radius 1 is 1.16 bits per heavy atom. The van der Waals surface area contributed by atoms with Gasteiger partial charge >= 0.3 is 0 Å². The van der Waals surface area contributed by atoms with Crippen LogP contribution in [0, 0.1) is 0 Å². The summed E-state index contributed by atoms with van der Waals surface area (Å²) in [5, 5.41) is 12.9. The maximum atomic E-state index is 12.5. The van der Waals surface area contributed by atoms with Crippen LogP contribution >= 0.6 is 35.0 Å². The first-order chi connectivity index (χ1) is 15.5. The van der Waals surface area contributed by atoms with Gasteiger partial charge in [-0.25, -0.2) is 0 Å². The lowest BCUT2D eigenvalue weighted by molar-refractivity contribution is -0.113. The highest BCUT2D eigenvalue weighted by Crippen LogP contribution is 2.29. The normalized spacial score (nSPS) is 10.8. The number of ether oxygens (including phenoxy) is 1. The highest BCUT2D eigenvalue weighted by Gasteiger charge is 2.18. The van der Waals surface area contributed by atoms with Crippen molar-refractivity contribution in [3.05, 3.63) is 76.7 Å². The third-order valence-electron chi connectivity index (χ3n) is 4.48. The van der Waals surface area contributed by atoms with Crippen LogP contribution in [-0.4, -0.2) is 33.5 Å². The van der Waals surface area contributed by atoms with Gasteiger partial charge in [0.25, 0.3) is 0 Å². The summed E-state index contributed by atoms with van der Waals surface area (Å²) in [6, 6.07) is 16.1. The lowest BCUT2D eigenvalue weighted by Gasteiger charge is -2.10. The fourth-order valence-corrected chi connectivity index (χ4v) is 4.17. The number of aromatic nitrogens is 3. The SMILES string of the molecule is COc1cccc(-c2nnc(SCC(=O)Nc3ccc(Cl)cc3Cl)n2Cc2ccco2)c1. The number of hydrogen-bond donors (Lipinski definition) is 1. The van der Waals surface area contributed by atoms with E-state index in [0.29, 0.717) is 39.0 Å². The highest BCUT2D eigenvalue weighted by atomic mass is 35.5. The lowest BCUT2D eigenvalue weighted by atomic mass is 10.2. The van der Waals surface area contributed by atoms with Crippen molar-refractivity contribution in [3.8, 4) is 17.1 Å². The Balaban J connectivity index is 1.55. The van der Waals surface area contributed by atoms with Gasteiger partial charge in [0.1, 0.15) is 11.5 Å². The molecule has 0 aliphatic heterocycles. The molecule has 4 aromatic rings. The Bertz CT molecular complexity index is 1230. The molecule has 7 nitrogen and oxygen atoms in total. The Morgan fingerprint density at radius 3 is 2.78 bits per heavy atom. The number of methoxy groups -OCH3 is 1. The van der Waals surface area contributed by atoms with Crippen LogP contribution in [0.2, 0.25) is 10.0 Å². The van der Waals surface area contributed by atoms with Gasteiger partial charge in [-0.15, -0.1) is 10.2 Å². The van der Waals surface area contributed by atoms with Crippen molar-refractivity contribution in [2.75, 3.05) is 18.2 Å². The van der Waals surface area contributed by atoms with Crippen LogP contribution in [-0.2, 0) is 11.3 Å². The summed E-state index contributed by atoms with van der Waals surface area (Å²) in [6.07, 6.45) is 1.61. The molecular formula is C22H18Cl2N4O3S. The number of amides is 1. The molecule has 1 N–H and O–H groups in total. The molecule has 0 aliphatic rings. The second kappa shape index (κ2) is 10.1. The Kier molecular flexibility index (Phi) is 7.04. The standard InChI is InChI=1S/C22H18Cl2N4O3S/c1-30-16-5-2-4-14(10-16)21-26-27-22(28(21)12-17-6-3-9-31-17)32-13-20(29)25-19-8-7-15(23)11-18(19)24/h2-11H,12-13H2,1H3,(H,25,29). The minimum Gasteiger partial charge on any atom is -0.497 e. The second-order valence-corrected chi connectivity index (χ2v) is 8.45. The molecule has 2 aromatic carbocycles. The van der Waals surface area contributed by atoms with Crippen LogP contribution < -0.4 is 10.1 Å². The van der Waals surface area contributed by atoms with Crippen molar-refractivity contribution in [3.63, 3.8) is 0 Å². The zero-order valence-corrected chi connectivity index (χ0v) is 19.2. The number of rotatable bonds is 8. The maximum absolute atomic E-state index is 12.5. The molecule has 0 aliphatic carbocycles. The van der Waals surface area contributed by atoms with E-state index in [1.807, 2.05) is 41.0 Å². The summed E-state index contributed by atoms with van der Waals surface area (Å²) in [5.41, 5.74) is 1.34. The van der Waals surface area contributed by atoms with Crippen molar-refractivity contribution in [1.29, 1.82) is 0 Å². The van der Waals surface area contributed by atoms with Gasteiger partial charge in [0.15, 0.2) is 11.0 Å². The number of carbonyl (C=O) groups excluding carboxylic acids is 1. The van der Waals surface area contributed by atoms with Crippen LogP contribution in [0.4, 0.5) is 5.69 Å². The van der Waals surface area contributed by atoms with Gasteiger partial charge < -0.3 is 14.5 Å². The summed E-state index contributed by atoms with van der Waals surface area (Å²) in [4.78, 5) is 12.5. The lowest BCUT2D eigenvalue weighted by Crippen LogP contribution is -2.15. The summed E-state index contributed by atoms with van der Waals surface area (Å²) in [5.74, 6) is 1.99. The summed E-state index contributed by atoms with van der Waals surface area (Å²) >= 11 is 13.3. The number of hydrogen-bond acceptors (Lipinski definition) is 6. The molecule has 0 unspecified atom stereocenters. The molecule has 0 radical (unpaired) electrons. The van der Waals surface area contributed by atoms with Crippen LogP contribution in [0.5, 0.6) is 5.75 Å². The number of nitrogens with zero attached hydrogens (tertiary/aromatic N) is 3. The number of thioether (sulfide) groups is 1. The highest BCUT2D eigenvalue weighted by molar-refractivity contribution is 7.99. The number of halogens is 2. The molecule has 2 heterocycles. The van der Waals surface area contributed by atoms with Crippen molar-refractivity contribution >= 4 is 46.6 Å². The summed E-state index contributed by atoms with van der Waals surface area (Å²) in [6.45, 7) is 0.416. The van der Waals surface area contributed by atoms with Gasteiger partial charge in [-0.3, -0.25) is 9.36 Å². The summed E-state index contributed by atoms with van der Waals surface area (Å²) < 4.78 is 12.7. The van der Waals surface area contributed by atoms with Gasteiger partial charge in [-0.05, 0) is 42.5 Å². The van der Waals surface area contributed by atoms with Crippen molar-refractivity contribution in [2.24, 2.45) is 0 Å². The van der Waals surface area contributed by atoms with Gasteiger partial charge in [0.2, 0.25) is 5.91 Å². The largest absolute Gasteiger partial charge is 0.497 e. The first-order valence-electron chi connectivity index (χ1n) is 9.51. The molecule has 0 saturated carbocycles. The van der Waals surface area contributed by atoms with Gasteiger partial charge in [-0.2, -0.15) is 0 Å². The zero-order valence-electron chi connectivity index (χ0n) is 16.9. The van der Waals surface area contributed by atoms with Gasteiger partial charge in [0, 0.05) is 10.6 Å². The Hall–Kier alpha value is -2.94. The van der Waals surface area contributed by atoms with Gasteiger partial charge in [-0.1, -0.05) is 47.1 Å². The van der Waals surface area contributed by atoms with Crippen molar-refractivity contribution < 1.29 is 13.9 Å². The van der Waals surface area contributed by atoms with E-state index in [9.17, 15) is 4.79 Å². The topological polar surface area (TPSA) is 82.2 Å². The Labute approximate surface area is 198 Å². The van der Waals surface area contributed by atoms with Crippen LogP contribution in [0.15, 0.2) is 70.4 Å². The molecule has 1 amide bonds. The van der Waals surface area contributed by atoms with Crippen molar-refractivity contribution in [2.45, 2.75) is 11.7 Å².